The van der Waals surface area contributed by atoms with E-state index in [4.69, 9.17) is 14.3 Å². The lowest BCUT2D eigenvalue weighted by Crippen LogP contribution is -2.18. The molecule has 5 nitrogen and oxygen atoms in total. The number of rotatable bonds is 9. The summed E-state index contributed by atoms with van der Waals surface area (Å²) in [6.07, 6.45) is 7.24. The van der Waals surface area contributed by atoms with Crippen LogP contribution in [0.3, 0.4) is 0 Å². The van der Waals surface area contributed by atoms with Crippen molar-refractivity contribution in [1.82, 2.24) is 4.98 Å². The largest absolute Gasteiger partial charge is 0.396 e. The zero-order valence-electron chi connectivity index (χ0n) is 16.9. The fourth-order valence-electron chi connectivity index (χ4n) is 3.18. The van der Waals surface area contributed by atoms with Crippen molar-refractivity contribution in [3.63, 3.8) is 0 Å². The average molecular weight is 396 g/mol. The molecule has 0 saturated carbocycles. The van der Waals surface area contributed by atoms with Crippen molar-refractivity contribution < 1.29 is 18.7 Å². The lowest BCUT2D eigenvalue weighted by atomic mass is 10.0. The van der Waals surface area contributed by atoms with Crippen molar-refractivity contribution in [3.05, 3.63) is 70.8 Å². The topological polar surface area (TPSA) is 52.9 Å². The molecule has 1 aromatic heterocycles. The zero-order chi connectivity index (χ0) is 20.6. The molecule has 0 fully saturated rings. The molecule has 1 aliphatic rings. The van der Waals surface area contributed by atoms with E-state index in [9.17, 15) is 4.39 Å². The van der Waals surface area contributed by atoms with Crippen molar-refractivity contribution >= 4 is 23.4 Å². The maximum atomic E-state index is 14.2. The molecule has 0 bridgehead atoms. The monoisotopic (exact) mass is 396 g/mol. The van der Waals surface area contributed by atoms with Gasteiger partial charge in [0.1, 0.15) is 18.5 Å². The summed E-state index contributed by atoms with van der Waals surface area (Å²) < 4.78 is 24.4. The Balaban J connectivity index is 1.72. The highest BCUT2D eigenvalue weighted by Crippen LogP contribution is 2.38. The van der Waals surface area contributed by atoms with E-state index in [2.05, 4.69) is 22.3 Å². The lowest BCUT2D eigenvalue weighted by Gasteiger charge is -2.08. The number of aromatic nitrogens is 1. The Labute approximate surface area is 170 Å². The lowest BCUT2D eigenvalue weighted by molar-refractivity contribution is 0.0666. The van der Waals surface area contributed by atoms with Crippen molar-refractivity contribution in [2.45, 2.75) is 19.4 Å². The third-order valence-electron chi connectivity index (χ3n) is 4.64. The van der Waals surface area contributed by atoms with Gasteiger partial charge in [-0.2, -0.15) is 0 Å². The van der Waals surface area contributed by atoms with Crippen molar-refractivity contribution in [2.75, 3.05) is 27.4 Å². The van der Waals surface area contributed by atoms with Crippen LogP contribution in [0.5, 0.6) is 0 Å². The highest BCUT2D eigenvalue weighted by Gasteiger charge is 2.18. The number of methoxy groups -OCH3 is 2. The number of hydrogen-bond acceptors (Lipinski definition) is 5. The predicted molar refractivity (Wildman–Crippen MR) is 113 cm³/mol. The van der Waals surface area contributed by atoms with Gasteiger partial charge in [0.2, 0.25) is 0 Å². The second-order valence-corrected chi connectivity index (χ2v) is 6.73. The van der Waals surface area contributed by atoms with Gasteiger partial charge in [0.25, 0.3) is 0 Å². The van der Waals surface area contributed by atoms with Gasteiger partial charge < -0.3 is 14.3 Å². The van der Waals surface area contributed by atoms with E-state index in [-0.39, 0.29) is 11.9 Å². The second-order valence-electron chi connectivity index (χ2n) is 6.73. The molecule has 0 amide bonds. The van der Waals surface area contributed by atoms with Gasteiger partial charge in [0, 0.05) is 31.9 Å². The Morgan fingerprint density at radius 1 is 1.21 bits per heavy atom. The molecule has 0 spiro atoms. The van der Waals surface area contributed by atoms with Gasteiger partial charge >= 0.3 is 0 Å². The average Bonchev–Trinajstić information content (AvgIpc) is 3.07. The molecular weight excluding hydrogens is 371 g/mol. The number of oxime groups is 1. The number of ether oxygens (including phenoxy) is 2. The van der Waals surface area contributed by atoms with E-state index in [0.29, 0.717) is 25.2 Å². The van der Waals surface area contributed by atoms with Gasteiger partial charge in [-0.15, -0.1) is 0 Å². The standard InChI is InChI=1S/C23H25FN2O3/c1-16-10-19(23(24)14-25-16)12-18-11-17(21-6-4-5-7-22(18)21)8-9-29-26-13-20(28-3)15-27-2/h4-7,10-14,20H,8-9,15H2,1-3H3/b18-12-,26-13?. The van der Waals surface area contributed by atoms with Crippen LogP contribution >= 0.6 is 0 Å². The van der Waals surface area contributed by atoms with Crippen LogP contribution in [0.2, 0.25) is 0 Å². The summed E-state index contributed by atoms with van der Waals surface area (Å²) in [5, 5.41) is 3.96. The third-order valence-corrected chi connectivity index (χ3v) is 4.64. The van der Waals surface area contributed by atoms with E-state index in [1.165, 1.54) is 6.20 Å². The highest BCUT2D eigenvalue weighted by molar-refractivity contribution is 6.01. The highest BCUT2D eigenvalue weighted by atomic mass is 19.1. The molecule has 29 heavy (non-hydrogen) atoms. The summed E-state index contributed by atoms with van der Waals surface area (Å²) in [4.78, 5) is 9.38. The number of nitrogens with zero attached hydrogens (tertiary/aromatic N) is 2. The minimum absolute atomic E-state index is 0.236. The van der Waals surface area contributed by atoms with E-state index < -0.39 is 0 Å². The molecule has 1 atom stereocenters. The number of allylic oxidation sites excluding steroid dienone is 2. The molecular formula is C23H25FN2O3. The van der Waals surface area contributed by atoms with Crippen LogP contribution in [-0.2, 0) is 14.3 Å². The quantitative estimate of drug-likeness (QED) is 0.355. The minimum Gasteiger partial charge on any atom is -0.396 e. The zero-order valence-corrected chi connectivity index (χ0v) is 16.9. The van der Waals surface area contributed by atoms with E-state index >= 15 is 0 Å². The fraction of sp³-hybridized carbons (Fsp3) is 0.304. The van der Waals surface area contributed by atoms with Crippen molar-refractivity contribution in [3.8, 4) is 0 Å². The number of halogens is 1. The first-order valence-electron chi connectivity index (χ1n) is 9.43. The molecule has 1 aromatic carbocycles. The normalized spacial score (nSPS) is 15.6. The van der Waals surface area contributed by atoms with Gasteiger partial charge in [-0.05, 0) is 41.3 Å². The van der Waals surface area contributed by atoms with Gasteiger partial charge in [0.05, 0.1) is 19.0 Å². The van der Waals surface area contributed by atoms with Crippen LogP contribution in [0.15, 0.2) is 47.8 Å². The minimum atomic E-state index is -0.330. The first-order chi connectivity index (χ1) is 14.1. The molecule has 152 valence electrons. The first-order valence-corrected chi connectivity index (χ1v) is 9.43. The van der Waals surface area contributed by atoms with Gasteiger partial charge in [-0.3, -0.25) is 4.98 Å². The Kier molecular flexibility index (Phi) is 7.27. The molecule has 0 aliphatic heterocycles. The van der Waals surface area contributed by atoms with Crippen molar-refractivity contribution in [1.29, 1.82) is 0 Å². The van der Waals surface area contributed by atoms with Crippen LogP contribution in [0.1, 0.15) is 28.8 Å². The molecule has 1 unspecified atom stereocenters. The van der Waals surface area contributed by atoms with Crippen LogP contribution in [0.4, 0.5) is 4.39 Å². The number of hydrogen-bond donors (Lipinski definition) is 0. The number of aryl methyl sites for hydroxylation is 1. The van der Waals surface area contributed by atoms with Crippen LogP contribution in [0.25, 0.3) is 17.2 Å². The molecule has 0 radical (unpaired) electrons. The Bertz CT molecular complexity index is 937. The smallest absolute Gasteiger partial charge is 0.148 e. The summed E-state index contributed by atoms with van der Waals surface area (Å²) in [6, 6.07) is 9.85. The predicted octanol–water partition coefficient (Wildman–Crippen LogP) is 4.52. The van der Waals surface area contributed by atoms with Gasteiger partial charge in [-0.25, -0.2) is 4.39 Å². The Morgan fingerprint density at radius 2 is 2.00 bits per heavy atom. The van der Waals surface area contributed by atoms with Crippen LogP contribution < -0.4 is 0 Å². The van der Waals surface area contributed by atoms with Crippen molar-refractivity contribution in [2.24, 2.45) is 5.16 Å². The maximum Gasteiger partial charge on any atom is 0.148 e. The number of benzene rings is 1. The van der Waals surface area contributed by atoms with Crippen LogP contribution in [-0.4, -0.2) is 44.7 Å². The Morgan fingerprint density at radius 3 is 2.76 bits per heavy atom. The Hall–Kier alpha value is -2.83. The van der Waals surface area contributed by atoms with Gasteiger partial charge in [0.15, 0.2) is 0 Å². The maximum absolute atomic E-state index is 14.2. The number of pyridine rings is 1. The van der Waals surface area contributed by atoms with E-state index in [0.717, 1.165) is 28.0 Å². The molecule has 1 aliphatic carbocycles. The van der Waals surface area contributed by atoms with Gasteiger partial charge in [-0.1, -0.05) is 35.5 Å². The molecule has 6 heteroatoms. The number of fused-ring (bicyclic) bond motifs is 1. The molecule has 1 heterocycles. The summed E-state index contributed by atoms with van der Waals surface area (Å²) in [7, 11) is 3.20. The van der Waals surface area contributed by atoms with E-state index in [1.807, 2.05) is 31.2 Å². The SMILES string of the molecule is COCC(C=NOCCC1=C/C(=C/c2cc(C)ncc2F)c2ccccc21)OC. The molecule has 3 rings (SSSR count). The summed E-state index contributed by atoms with van der Waals surface area (Å²) in [6.45, 7) is 2.70. The molecule has 0 N–H and O–H groups in total. The summed E-state index contributed by atoms with van der Waals surface area (Å²) >= 11 is 0. The van der Waals surface area contributed by atoms with E-state index in [1.54, 1.807) is 26.5 Å². The molecule has 2 aromatic rings. The second kappa shape index (κ2) is 10.1. The molecule has 0 saturated heterocycles. The summed E-state index contributed by atoms with van der Waals surface area (Å²) in [5.41, 5.74) is 5.63. The first kappa shape index (κ1) is 20.9. The fourth-order valence-corrected chi connectivity index (χ4v) is 3.18. The summed E-state index contributed by atoms with van der Waals surface area (Å²) in [5.74, 6) is -0.330. The third kappa shape index (κ3) is 5.37. The van der Waals surface area contributed by atoms with Crippen LogP contribution in [0, 0.1) is 12.7 Å².